The molecule has 0 radical (unpaired) electrons. The highest BCUT2D eigenvalue weighted by Crippen LogP contribution is 2.37. The van der Waals surface area contributed by atoms with Gasteiger partial charge in [0.05, 0.1) is 11.7 Å². The quantitative estimate of drug-likeness (QED) is 0.910. The maximum absolute atomic E-state index is 11.3. The highest BCUT2D eigenvalue weighted by molar-refractivity contribution is 5.38. The molecule has 1 atom stereocenters. The van der Waals surface area contributed by atoms with Crippen LogP contribution < -0.4 is 10.5 Å². The summed E-state index contributed by atoms with van der Waals surface area (Å²) in [5, 5.41) is 15.8. The SMILES string of the molecule is CC(C)c1nnc(N2CCCC2c2ccc(=O)[nH]n2)n1CC1CC1. The molecule has 1 N–H and O–H groups in total. The second-order valence-electron chi connectivity index (χ2n) is 7.26. The standard InChI is InChI=1S/C17H24N6O/c1-11(2)16-20-21-17(23(16)10-12-5-6-12)22-9-3-4-14(22)13-7-8-15(24)19-18-13/h7-8,11-12,14H,3-6,9-10H2,1-2H3,(H,19,24). The van der Waals surface area contributed by atoms with Gasteiger partial charge in [0, 0.05) is 25.1 Å². The first-order valence-corrected chi connectivity index (χ1v) is 8.89. The van der Waals surface area contributed by atoms with Crippen molar-refractivity contribution < 1.29 is 0 Å². The van der Waals surface area contributed by atoms with Crippen LogP contribution in [0.3, 0.4) is 0 Å². The molecule has 4 rings (SSSR count). The predicted octanol–water partition coefficient (Wildman–Crippen LogP) is 2.24. The van der Waals surface area contributed by atoms with Crippen LogP contribution >= 0.6 is 0 Å². The van der Waals surface area contributed by atoms with E-state index in [1.807, 2.05) is 6.07 Å². The van der Waals surface area contributed by atoms with E-state index in [1.165, 1.54) is 12.8 Å². The van der Waals surface area contributed by atoms with Crippen molar-refractivity contribution in [1.82, 2.24) is 25.0 Å². The van der Waals surface area contributed by atoms with Crippen molar-refractivity contribution in [1.29, 1.82) is 0 Å². The molecule has 2 fully saturated rings. The maximum atomic E-state index is 11.3. The van der Waals surface area contributed by atoms with E-state index in [0.717, 1.165) is 49.3 Å². The Labute approximate surface area is 141 Å². The van der Waals surface area contributed by atoms with Crippen molar-refractivity contribution in [3.05, 3.63) is 34.0 Å². The lowest BCUT2D eigenvalue weighted by atomic mass is 10.1. The number of hydrogen-bond donors (Lipinski definition) is 1. The van der Waals surface area contributed by atoms with Gasteiger partial charge in [0.1, 0.15) is 5.82 Å². The van der Waals surface area contributed by atoms with Crippen LogP contribution in [0.2, 0.25) is 0 Å². The van der Waals surface area contributed by atoms with Gasteiger partial charge in [-0.05, 0) is 37.7 Å². The van der Waals surface area contributed by atoms with E-state index in [1.54, 1.807) is 6.07 Å². The Balaban J connectivity index is 1.68. The molecule has 2 aliphatic rings. The van der Waals surface area contributed by atoms with Gasteiger partial charge in [0.25, 0.3) is 5.56 Å². The van der Waals surface area contributed by atoms with Crippen molar-refractivity contribution in [2.45, 2.75) is 58.0 Å². The van der Waals surface area contributed by atoms with E-state index in [0.29, 0.717) is 5.92 Å². The van der Waals surface area contributed by atoms with Gasteiger partial charge in [-0.3, -0.25) is 9.36 Å². The number of hydrogen-bond acceptors (Lipinski definition) is 5. The molecule has 128 valence electrons. The number of nitrogens with zero attached hydrogens (tertiary/aromatic N) is 5. The Morgan fingerprint density at radius 3 is 2.75 bits per heavy atom. The zero-order valence-corrected chi connectivity index (χ0v) is 14.3. The molecular formula is C17H24N6O. The first-order chi connectivity index (χ1) is 11.6. The summed E-state index contributed by atoms with van der Waals surface area (Å²) in [5.74, 6) is 3.15. The van der Waals surface area contributed by atoms with Crippen molar-refractivity contribution in [3.63, 3.8) is 0 Å². The molecule has 1 saturated heterocycles. The molecule has 1 saturated carbocycles. The third-order valence-corrected chi connectivity index (χ3v) is 4.97. The number of aromatic nitrogens is 5. The molecule has 0 amide bonds. The molecular weight excluding hydrogens is 304 g/mol. The summed E-state index contributed by atoms with van der Waals surface area (Å²) in [6, 6.07) is 3.53. The number of nitrogens with one attached hydrogen (secondary N) is 1. The van der Waals surface area contributed by atoms with Gasteiger partial charge in [-0.1, -0.05) is 13.8 Å². The molecule has 7 nitrogen and oxygen atoms in total. The summed E-state index contributed by atoms with van der Waals surface area (Å²) in [6.45, 7) is 6.30. The van der Waals surface area contributed by atoms with Crippen molar-refractivity contribution >= 4 is 5.95 Å². The summed E-state index contributed by atoms with van der Waals surface area (Å²) in [7, 11) is 0. The summed E-state index contributed by atoms with van der Waals surface area (Å²) in [4.78, 5) is 13.6. The monoisotopic (exact) mass is 328 g/mol. The molecule has 0 aromatic carbocycles. The highest BCUT2D eigenvalue weighted by atomic mass is 16.1. The zero-order valence-electron chi connectivity index (χ0n) is 14.3. The largest absolute Gasteiger partial charge is 0.332 e. The fraction of sp³-hybridized carbons (Fsp3) is 0.647. The minimum atomic E-state index is -0.165. The van der Waals surface area contributed by atoms with Crippen LogP contribution in [0.15, 0.2) is 16.9 Å². The van der Waals surface area contributed by atoms with E-state index in [4.69, 9.17) is 0 Å². The molecule has 0 bridgehead atoms. The van der Waals surface area contributed by atoms with Crippen molar-refractivity contribution in [3.8, 4) is 0 Å². The molecule has 1 aliphatic carbocycles. The Morgan fingerprint density at radius 1 is 1.25 bits per heavy atom. The molecule has 0 spiro atoms. The van der Waals surface area contributed by atoms with Crippen LogP contribution in [0.4, 0.5) is 5.95 Å². The van der Waals surface area contributed by atoms with Gasteiger partial charge in [-0.25, -0.2) is 5.10 Å². The molecule has 1 unspecified atom stereocenters. The van der Waals surface area contributed by atoms with Crippen LogP contribution in [0.25, 0.3) is 0 Å². The molecule has 2 aromatic heterocycles. The van der Waals surface area contributed by atoms with Crippen LogP contribution in [-0.4, -0.2) is 31.5 Å². The van der Waals surface area contributed by atoms with Gasteiger partial charge in [0.2, 0.25) is 5.95 Å². The first-order valence-electron chi connectivity index (χ1n) is 8.89. The first kappa shape index (κ1) is 15.4. The highest BCUT2D eigenvalue weighted by Gasteiger charge is 2.33. The van der Waals surface area contributed by atoms with Crippen LogP contribution in [0, 0.1) is 5.92 Å². The summed E-state index contributed by atoms with van der Waals surface area (Å²) >= 11 is 0. The lowest BCUT2D eigenvalue weighted by Crippen LogP contribution is -2.28. The number of H-pyrrole nitrogens is 1. The topological polar surface area (TPSA) is 79.7 Å². The normalized spacial score (nSPS) is 21.0. The number of rotatable bonds is 5. The molecule has 7 heteroatoms. The summed E-state index contributed by atoms with van der Waals surface area (Å²) in [6.07, 6.45) is 4.73. The van der Waals surface area contributed by atoms with E-state index in [-0.39, 0.29) is 11.6 Å². The average molecular weight is 328 g/mol. The van der Waals surface area contributed by atoms with E-state index < -0.39 is 0 Å². The van der Waals surface area contributed by atoms with E-state index >= 15 is 0 Å². The lowest BCUT2D eigenvalue weighted by Gasteiger charge is -2.26. The van der Waals surface area contributed by atoms with Gasteiger partial charge < -0.3 is 4.90 Å². The Kier molecular flexibility index (Phi) is 3.86. The Bertz CT molecular complexity index is 755. The molecule has 3 heterocycles. The second-order valence-corrected chi connectivity index (χ2v) is 7.26. The lowest BCUT2D eigenvalue weighted by molar-refractivity contribution is 0.559. The second kappa shape index (κ2) is 6.03. The average Bonchev–Trinajstić information content (AvgIpc) is 3.08. The predicted molar refractivity (Wildman–Crippen MR) is 91.0 cm³/mol. The fourth-order valence-electron chi connectivity index (χ4n) is 3.53. The van der Waals surface area contributed by atoms with E-state index in [2.05, 4.69) is 43.7 Å². The van der Waals surface area contributed by atoms with E-state index in [9.17, 15) is 4.79 Å². The van der Waals surface area contributed by atoms with Crippen molar-refractivity contribution in [2.75, 3.05) is 11.4 Å². The Hall–Kier alpha value is -2.18. The fourth-order valence-corrected chi connectivity index (χ4v) is 3.53. The third-order valence-electron chi connectivity index (χ3n) is 4.97. The van der Waals surface area contributed by atoms with Gasteiger partial charge in [0.15, 0.2) is 0 Å². The number of anilines is 1. The van der Waals surface area contributed by atoms with Gasteiger partial charge in [-0.2, -0.15) is 5.10 Å². The smallest absolute Gasteiger partial charge is 0.264 e. The molecule has 1 aliphatic heterocycles. The number of aromatic amines is 1. The van der Waals surface area contributed by atoms with Gasteiger partial charge in [-0.15, -0.1) is 10.2 Å². The maximum Gasteiger partial charge on any atom is 0.264 e. The van der Waals surface area contributed by atoms with Crippen molar-refractivity contribution in [2.24, 2.45) is 5.92 Å². The zero-order chi connectivity index (χ0) is 16.7. The summed E-state index contributed by atoms with van der Waals surface area (Å²) in [5.41, 5.74) is 0.737. The van der Waals surface area contributed by atoms with Crippen LogP contribution in [0.5, 0.6) is 0 Å². The van der Waals surface area contributed by atoms with Gasteiger partial charge >= 0.3 is 0 Å². The minimum Gasteiger partial charge on any atom is -0.332 e. The van der Waals surface area contributed by atoms with Crippen LogP contribution in [-0.2, 0) is 6.54 Å². The molecule has 2 aromatic rings. The third kappa shape index (κ3) is 2.83. The summed E-state index contributed by atoms with van der Waals surface area (Å²) < 4.78 is 2.31. The van der Waals surface area contributed by atoms with Crippen LogP contribution in [0.1, 0.15) is 63.0 Å². The minimum absolute atomic E-state index is 0.156. The molecule has 24 heavy (non-hydrogen) atoms. The Morgan fingerprint density at radius 2 is 2.08 bits per heavy atom.